The second-order valence-corrected chi connectivity index (χ2v) is 8.38. The third-order valence-electron chi connectivity index (χ3n) is 5.18. The van der Waals surface area contributed by atoms with E-state index < -0.39 is 0 Å². The normalized spacial score (nSPS) is 10.7. The Morgan fingerprint density at radius 1 is 0.727 bits per heavy atom. The van der Waals surface area contributed by atoms with Crippen molar-refractivity contribution >= 4 is 44.3 Å². The Hall–Kier alpha value is -4.10. The molecule has 7 heteroatoms. The first kappa shape index (κ1) is 20.8. The highest BCUT2D eigenvalue weighted by atomic mass is 32.1. The summed E-state index contributed by atoms with van der Waals surface area (Å²) in [6, 6.07) is 24.0. The molecule has 0 radical (unpaired) electrons. The summed E-state index contributed by atoms with van der Waals surface area (Å²) in [7, 11) is 3.28. The Bertz CT molecular complexity index is 1360. The van der Waals surface area contributed by atoms with Gasteiger partial charge in [0.25, 0.3) is 0 Å². The lowest BCUT2D eigenvalue weighted by Crippen LogP contribution is -1.93. The van der Waals surface area contributed by atoms with E-state index in [4.69, 9.17) is 9.47 Å². The number of ether oxygens (including phenoxy) is 2. The average Bonchev–Trinajstić information content (AvgIpc) is 3.31. The third kappa shape index (κ3) is 4.58. The summed E-state index contributed by atoms with van der Waals surface area (Å²) >= 11 is 1.69. The highest BCUT2D eigenvalue weighted by Gasteiger charge is 2.10. The van der Waals surface area contributed by atoms with Crippen LogP contribution in [0.3, 0.4) is 0 Å². The molecular formula is C26H22N4O2S. The first-order valence-electron chi connectivity index (χ1n) is 10.4. The Morgan fingerprint density at radius 3 is 2.06 bits per heavy atom. The van der Waals surface area contributed by atoms with Gasteiger partial charge < -0.3 is 20.1 Å². The number of rotatable bonds is 7. The Kier molecular flexibility index (Phi) is 5.78. The molecule has 5 aromatic rings. The third-order valence-corrected chi connectivity index (χ3v) is 6.39. The van der Waals surface area contributed by atoms with E-state index in [1.54, 1.807) is 25.6 Å². The molecule has 0 saturated carbocycles. The summed E-state index contributed by atoms with van der Waals surface area (Å²) in [4.78, 5) is 9.97. The molecule has 0 aliphatic rings. The van der Waals surface area contributed by atoms with Gasteiger partial charge >= 0.3 is 0 Å². The molecular weight excluding hydrogens is 432 g/mol. The molecule has 0 saturated heterocycles. The Morgan fingerprint density at radius 2 is 1.42 bits per heavy atom. The molecule has 3 heterocycles. The van der Waals surface area contributed by atoms with Gasteiger partial charge in [-0.15, -0.1) is 11.3 Å². The molecule has 0 aliphatic carbocycles. The first-order chi connectivity index (χ1) is 16.2. The molecule has 5 rings (SSSR count). The van der Waals surface area contributed by atoms with Gasteiger partial charge in [0, 0.05) is 46.0 Å². The average molecular weight is 455 g/mol. The molecule has 6 nitrogen and oxygen atoms in total. The highest BCUT2D eigenvalue weighted by Crippen LogP contribution is 2.37. The van der Waals surface area contributed by atoms with Crippen molar-refractivity contribution in [3.63, 3.8) is 0 Å². The van der Waals surface area contributed by atoms with Crippen LogP contribution in [0.25, 0.3) is 20.7 Å². The van der Waals surface area contributed by atoms with Crippen LogP contribution in [0.15, 0.2) is 85.2 Å². The molecule has 0 aliphatic heterocycles. The maximum atomic E-state index is 5.21. The molecule has 33 heavy (non-hydrogen) atoms. The minimum atomic E-state index is 0.602. The minimum Gasteiger partial charge on any atom is -0.497 e. The predicted molar refractivity (Wildman–Crippen MR) is 135 cm³/mol. The molecule has 0 spiro atoms. The van der Waals surface area contributed by atoms with Crippen LogP contribution in [0.4, 0.5) is 22.7 Å². The number of hydrogen-bond acceptors (Lipinski definition) is 7. The number of methoxy groups -OCH3 is 2. The molecule has 0 fully saturated rings. The number of pyridine rings is 2. The smallest absolute Gasteiger partial charge is 0.212 e. The van der Waals surface area contributed by atoms with Gasteiger partial charge in [0.1, 0.15) is 5.75 Å². The number of fused-ring (bicyclic) bond motifs is 1. The molecule has 0 amide bonds. The van der Waals surface area contributed by atoms with Crippen LogP contribution >= 0.6 is 11.3 Å². The van der Waals surface area contributed by atoms with Crippen LogP contribution in [-0.4, -0.2) is 24.2 Å². The Labute approximate surface area is 195 Å². The van der Waals surface area contributed by atoms with Gasteiger partial charge in [-0.05, 0) is 66.7 Å². The Balaban J connectivity index is 1.34. The van der Waals surface area contributed by atoms with Crippen LogP contribution in [0.5, 0.6) is 11.6 Å². The van der Waals surface area contributed by atoms with Crippen molar-refractivity contribution in [2.75, 3.05) is 24.9 Å². The summed E-state index contributed by atoms with van der Waals surface area (Å²) in [5.41, 5.74) is 6.03. The molecule has 2 aromatic carbocycles. The predicted octanol–water partition coefficient (Wildman–Crippen LogP) is 6.86. The standard InChI is InChI=1S/C26H22N4O2S/c1-31-21-10-8-19(9-11-21)29-18-4-6-20(7-5-18)30-22-13-14-27-23-15-24(33-26(22)23)17-3-12-25(32-2)28-16-17/h3-16,29H,1-2H3,(H,27,30). The molecule has 164 valence electrons. The molecule has 0 unspecified atom stereocenters. The lowest BCUT2D eigenvalue weighted by molar-refractivity contribution is 0.398. The SMILES string of the molecule is COc1ccc(Nc2ccc(Nc3ccnc4cc(-c5ccc(OC)nc5)sc34)cc2)cc1. The van der Waals surface area contributed by atoms with E-state index in [0.717, 1.165) is 49.2 Å². The quantitative estimate of drug-likeness (QED) is 0.280. The summed E-state index contributed by atoms with van der Waals surface area (Å²) < 4.78 is 11.5. The fraction of sp³-hybridized carbons (Fsp3) is 0.0769. The van der Waals surface area contributed by atoms with E-state index in [2.05, 4.69) is 38.8 Å². The van der Waals surface area contributed by atoms with Crippen molar-refractivity contribution in [1.82, 2.24) is 9.97 Å². The van der Waals surface area contributed by atoms with Gasteiger partial charge in [0.2, 0.25) is 5.88 Å². The topological polar surface area (TPSA) is 68.3 Å². The van der Waals surface area contributed by atoms with E-state index in [1.807, 2.05) is 67.0 Å². The first-order valence-corrected chi connectivity index (χ1v) is 11.2. The largest absolute Gasteiger partial charge is 0.497 e. The lowest BCUT2D eigenvalue weighted by atomic mass is 10.2. The van der Waals surface area contributed by atoms with Crippen molar-refractivity contribution in [3.05, 3.63) is 85.2 Å². The maximum absolute atomic E-state index is 5.21. The van der Waals surface area contributed by atoms with Crippen LogP contribution in [-0.2, 0) is 0 Å². The number of thiophene rings is 1. The van der Waals surface area contributed by atoms with Crippen LogP contribution in [0, 0.1) is 0 Å². The molecule has 2 N–H and O–H groups in total. The second-order valence-electron chi connectivity index (χ2n) is 7.33. The van der Waals surface area contributed by atoms with E-state index in [-0.39, 0.29) is 0 Å². The van der Waals surface area contributed by atoms with Gasteiger partial charge in [-0.2, -0.15) is 0 Å². The van der Waals surface area contributed by atoms with E-state index >= 15 is 0 Å². The van der Waals surface area contributed by atoms with Crippen molar-refractivity contribution in [2.45, 2.75) is 0 Å². The summed E-state index contributed by atoms with van der Waals surface area (Å²) in [5, 5.41) is 6.93. The zero-order valence-electron chi connectivity index (χ0n) is 18.2. The number of nitrogens with one attached hydrogen (secondary N) is 2. The van der Waals surface area contributed by atoms with Gasteiger partial charge in [-0.25, -0.2) is 4.98 Å². The summed E-state index contributed by atoms with van der Waals surface area (Å²) in [5.74, 6) is 1.44. The monoisotopic (exact) mass is 454 g/mol. The van der Waals surface area contributed by atoms with Gasteiger partial charge in [-0.1, -0.05) is 0 Å². The molecule has 0 bridgehead atoms. The number of aromatic nitrogens is 2. The van der Waals surface area contributed by atoms with E-state index in [9.17, 15) is 0 Å². The summed E-state index contributed by atoms with van der Waals surface area (Å²) in [6.45, 7) is 0. The maximum Gasteiger partial charge on any atom is 0.212 e. The fourth-order valence-corrected chi connectivity index (χ4v) is 4.53. The summed E-state index contributed by atoms with van der Waals surface area (Å²) in [6.07, 6.45) is 3.65. The van der Waals surface area contributed by atoms with Gasteiger partial charge in [0.15, 0.2) is 0 Å². The fourth-order valence-electron chi connectivity index (χ4n) is 3.46. The van der Waals surface area contributed by atoms with Crippen molar-refractivity contribution in [3.8, 4) is 22.1 Å². The molecule has 0 atom stereocenters. The van der Waals surface area contributed by atoms with Crippen molar-refractivity contribution < 1.29 is 9.47 Å². The van der Waals surface area contributed by atoms with Crippen LogP contribution in [0.1, 0.15) is 0 Å². The highest BCUT2D eigenvalue weighted by molar-refractivity contribution is 7.22. The van der Waals surface area contributed by atoms with E-state index in [1.165, 1.54) is 0 Å². The van der Waals surface area contributed by atoms with Crippen LogP contribution in [0.2, 0.25) is 0 Å². The number of hydrogen-bond donors (Lipinski definition) is 2. The molecule has 3 aromatic heterocycles. The van der Waals surface area contributed by atoms with Gasteiger partial charge in [-0.3, -0.25) is 4.98 Å². The lowest BCUT2D eigenvalue weighted by Gasteiger charge is -2.10. The van der Waals surface area contributed by atoms with Crippen molar-refractivity contribution in [2.24, 2.45) is 0 Å². The number of anilines is 4. The zero-order valence-corrected chi connectivity index (χ0v) is 19.0. The van der Waals surface area contributed by atoms with E-state index in [0.29, 0.717) is 5.88 Å². The number of nitrogens with zero attached hydrogens (tertiary/aromatic N) is 2. The van der Waals surface area contributed by atoms with Crippen LogP contribution < -0.4 is 20.1 Å². The van der Waals surface area contributed by atoms with Gasteiger partial charge in [0.05, 0.1) is 30.1 Å². The van der Waals surface area contributed by atoms with Crippen molar-refractivity contribution in [1.29, 1.82) is 0 Å². The number of benzene rings is 2. The second kappa shape index (κ2) is 9.18. The zero-order chi connectivity index (χ0) is 22.6. The minimum absolute atomic E-state index is 0.602.